The maximum Gasteiger partial charge on any atom is 0.344 e. The molecule has 2 N–H and O–H groups in total. The number of anilines is 1. The number of methoxy groups -OCH3 is 1. The highest BCUT2D eigenvalue weighted by atomic mass is 35.5. The summed E-state index contributed by atoms with van der Waals surface area (Å²) in [7, 11) is 3.18. The fourth-order valence-corrected chi connectivity index (χ4v) is 5.22. The van der Waals surface area contributed by atoms with Crippen LogP contribution in [0.2, 0.25) is 5.02 Å². The Morgan fingerprint density at radius 2 is 1.80 bits per heavy atom. The average molecular weight is 637 g/mol. The third-order valence-electron chi connectivity index (χ3n) is 7.32. The van der Waals surface area contributed by atoms with Crippen LogP contribution in [-0.4, -0.2) is 74.0 Å². The van der Waals surface area contributed by atoms with Crippen LogP contribution in [0.5, 0.6) is 5.88 Å². The zero-order valence-electron chi connectivity index (χ0n) is 26.7. The number of hydrogen-bond donors (Lipinski definition) is 2. The first-order valence-corrected chi connectivity index (χ1v) is 15.6. The van der Waals surface area contributed by atoms with E-state index in [1.54, 1.807) is 43.3 Å². The van der Waals surface area contributed by atoms with Crippen LogP contribution in [0.3, 0.4) is 0 Å². The summed E-state index contributed by atoms with van der Waals surface area (Å²) in [4.78, 5) is 46.7. The number of nitrogens with one attached hydrogen (secondary N) is 2. The molecule has 3 aromatic heterocycles. The van der Waals surface area contributed by atoms with Crippen LogP contribution >= 0.6 is 11.6 Å². The Kier molecular flexibility index (Phi) is 11.2. The SMILES string of the molecule is CCCCCCCCN(C)C(=O)n1cc2cc(C)c(NC(=O)c3cc(OC)nn3-c3ncccc3Cl)c(C(=O)NC(C)C)c2n1. The van der Waals surface area contributed by atoms with Crippen molar-refractivity contribution >= 4 is 46.0 Å². The molecule has 0 atom stereocenters. The third kappa shape index (κ3) is 7.80. The van der Waals surface area contributed by atoms with Crippen molar-refractivity contribution in [2.45, 2.75) is 72.3 Å². The van der Waals surface area contributed by atoms with Gasteiger partial charge in [0.15, 0.2) is 5.82 Å². The van der Waals surface area contributed by atoms with E-state index in [2.05, 4.69) is 32.7 Å². The molecule has 45 heavy (non-hydrogen) atoms. The number of ether oxygens (including phenoxy) is 1. The molecule has 0 saturated carbocycles. The van der Waals surface area contributed by atoms with Crippen LogP contribution in [0.1, 0.15) is 85.7 Å². The van der Waals surface area contributed by atoms with Gasteiger partial charge in [-0.3, -0.25) is 9.59 Å². The first-order chi connectivity index (χ1) is 21.5. The zero-order chi connectivity index (χ0) is 32.7. The van der Waals surface area contributed by atoms with Gasteiger partial charge in [-0.1, -0.05) is 50.6 Å². The van der Waals surface area contributed by atoms with E-state index in [0.29, 0.717) is 17.5 Å². The largest absolute Gasteiger partial charge is 0.480 e. The lowest BCUT2D eigenvalue weighted by atomic mass is 10.0. The molecule has 0 spiro atoms. The second kappa shape index (κ2) is 15.0. The Hall–Kier alpha value is -4.45. The first kappa shape index (κ1) is 33.4. The Balaban J connectivity index is 1.69. The molecule has 240 valence electrons. The number of unbranched alkanes of at least 4 members (excludes halogenated alkanes) is 5. The number of aryl methyl sites for hydroxylation is 1. The van der Waals surface area contributed by atoms with Crippen LogP contribution in [0.25, 0.3) is 16.7 Å². The number of rotatable bonds is 13. The van der Waals surface area contributed by atoms with Crippen molar-refractivity contribution in [1.29, 1.82) is 0 Å². The van der Waals surface area contributed by atoms with Gasteiger partial charge in [0.2, 0.25) is 5.88 Å². The van der Waals surface area contributed by atoms with Gasteiger partial charge in [0, 0.05) is 43.5 Å². The van der Waals surface area contributed by atoms with Crippen LogP contribution in [-0.2, 0) is 0 Å². The topological polar surface area (TPSA) is 136 Å². The Morgan fingerprint density at radius 1 is 1.07 bits per heavy atom. The van der Waals surface area contributed by atoms with Gasteiger partial charge in [-0.2, -0.15) is 9.78 Å². The van der Waals surface area contributed by atoms with Gasteiger partial charge in [-0.15, -0.1) is 5.10 Å². The molecule has 4 aromatic rings. The number of benzene rings is 1. The number of aromatic nitrogens is 5. The van der Waals surface area contributed by atoms with E-state index in [1.165, 1.54) is 48.0 Å². The van der Waals surface area contributed by atoms with E-state index in [-0.39, 0.29) is 51.3 Å². The summed E-state index contributed by atoms with van der Waals surface area (Å²) in [5.41, 5.74) is 1.37. The minimum absolute atomic E-state index is 0.0826. The summed E-state index contributed by atoms with van der Waals surface area (Å²) in [6.45, 7) is 8.23. The quantitative estimate of drug-likeness (QED) is 0.166. The molecule has 0 aliphatic carbocycles. The number of carbonyl (C=O) groups excluding carboxylic acids is 3. The predicted molar refractivity (Wildman–Crippen MR) is 175 cm³/mol. The number of halogens is 1. The molecule has 4 rings (SSSR count). The van der Waals surface area contributed by atoms with Crippen molar-refractivity contribution < 1.29 is 19.1 Å². The van der Waals surface area contributed by atoms with Gasteiger partial charge < -0.3 is 20.3 Å². The summed E-state index contributed by atoms with van der Waals surface area (Å²) < 4.78 is 7.81. The van der Waals surface area contributed by atoms with Crippen LogP contribution in [0.4, 0.5) is 10.5 Å². The van der Waals surface area contributed by atoms with E-state index in [1.807, 2.05) is 13.8 Å². The molecule has 1 aromatic carbocycles. The van der Waals surface area contributed by atoms with Crippen molar-refractivity contribution in [3.8, 4) is 11.7 Å². The molecular formula is C32H41ClN8O4. The molecule has 0 saturated heterocycles. The highest BCUT2D eigenvalue weighted by Crippen LogP contribution is 2.31. The molecule has 0 aliphatic rings. The summed E-state index contributed by atoms with van der Waals surface area (Å²) in [6, 6.07) is 6.04. The maximum absolute atomic E-state index is 13.8. The van der Waals surface area contributed by atoms with E-state index in [9.17, 15) is 14.4 Å². The summed E-state index contributed by atoms with van der Waals surface area (Å²) in [6.07, 6.45) is 9.85. The van der Waals surface area contributed by atoms with Crippen molar-refractivity contribution in [3.63, 3.8) is 0 Å². The molecule has 3 heterocycles. The van der Waals surface area contributed by atoms with E-state index < -0.39 is 11.8 Å². The minimum atomic E-state index is -0.581. The number of nitrogens with zero attached hydrogens (tertiary/aromatic N) is 6. The van der Waals surface area contributed by atoms with E-state index >= 15 is 0 Å². The lowest BCUT2D eigenvalue weighted by molar-refractivity contribution is 0.0945. The highest BCUT2D eigenvalue weighted by molar-refractivity contribution is 6.32. The Bertz CT molecular complexity index is 1680. The van der Waals surface area contributed by atoms with Crippen LogP contribution in [0.15, 0.2) is 36.7 Å². The number of amides is 3. The van der Waals surface area contributed by atoms with E-state index in [4.69, 9.17) is 16.3 Å². The van der Waals surface area contributed by atoms with Crippen molar-refractivity contribution in [3.05, 3.63) is 58.5 Å². The van der Waals surface area contributed by atoms with E-state index in [0.717, 1.165) is 19.3 Å². The van der Waals surface area contributed by atoms with Gasteiger partial charge >= 0.3 is 6.03 Å². The molecule has 12 nitrogen and oxygen atoms in total. The lowest BCUT2D eigenvalue weighted by Gasteiger charge is -2.17. The summed E-state index contributed by atoms with van der Waals surface area (Å²) in [5, 5.41) is 15.5. The highest BCUT2D eigenvalue weighted by Gasteiger charge is 2.27. The van der Waals surface area contributed by atoms with Gasteiger partial charge in [0.05, 0.1) is 23.4 Å². The molecule has 0 unspecified atom stereocenters. The summed E-state index contributed by atoms with van der Waals surface area (Å²) in [5.74, 6) is -0.609. The Labute approximate surface area is 268 Å². The lowest BCUT2D eigenvalue weighted by Crippen LogP contribution is -2.33. The zero-order valence-corrected chi connectivity index (χ0v) is 27.4. The standard InChI is InChI=1S/C32H41ClN8O4/c1-7-8-9-10-11-12-16-39(5)32(44)40-19-22-17-21(4)27(26(28(22)38-40)31(43)35-20(2)3)36-30(42)24-18-25(45-6)37-41(24)29-23(33)14-13-15-34-29/h13-15,17-20H,7-12,16H2,1-6H3,(H,35,43)(H,36,42). The van der Waals surface area contributed by atoms with Crippen molar-refractivity contribution in [1.82, 2.24) is 34.8 Å². The van der Waals surface area contributed by atoms with Gasteiger partial charge in [0.1, 0.15) is 11.2 Å². The number of pyridine rings is 1. The fourth-order valence-electron chi connectivity index (χ4n) is 5.02. The van der Waals surface area contributed by atoms with Crippen LogP contribution in [0, 0.1) is 6.92 Å². The molecule has 0 aliphatic heterocycles. The van der Waals surface area contributed by atoms with Gasteiger partial charge in [-0.05, 0) is 51.0 Å². The van der Waals surface area contributed by atoms with Crippen molar-refractivity contribution in [2.75, 3.05) is 26.0 Å². The molecule has 0 bridgehead atoms. The summed E-state index contributed by atoms with van der Waals surface area (Å²) >= 11 is 6.37. The predicted octanol–water partition coefficient (Wildman–Crippen LogP) is 6.24. The van der Waals surface area contributed by atoms with Crippen molar-refractivity contribution in [2.24, 2.45) is 0 Å². The number of hydrogen-bond acceptors (Lipinski definition) is 7. The molecule has 3 amide bonds. The molecular weight excluding hydrogens is 596 g/mol. The first-order valence-electron chi connectivity index (χ1n) is 15.2. The second-order valence-electron chi connectivity index (χ2n) is 11.3. The smallest absolute Gasteiger partial charge is 0.344 e. The maximum atomic E-state index is 13.8. The Morgan fingerprint density at radius 3 is 2.49 bits per heavy atom. The molecule has 0 fully saturated rings. The normalized spacial score (nSPS) is 11.2. The average Bonchev–Trinajstić information content (AvgIpc) is 3.63. The number of fused-ring (bicyclic) bond motifs is 1. The number of carbonyl (C=O) groups is 3. The molecule has 0 radical (unpaired) electrons. The molecule has 13 heteroatoms. The van der Waals surface area contributed by atoms with Gasteiger partial charge in [-0.25, -0.2) is 14.5 Å². The third-order valence-corrected chi connectivity index (χ3v) is 7.61. The van der Waals surface area contributed by atoms with Gasteiger partial charge in [0.25, 0.3) is 11.8 Å². The second-order valence-corrected chi connectivity index (χ2v) is 11.7. The fraction of sp³-hybridized carbons (Fsp3) is 0.438. The minimum Gasteiger partial charge on any atom is -0.480 e. The monoisotopic (exact) mass is 636 g/mol. The van der Waals surface area contributed by atoms with Crippen LogP contribution < -0.4 is 15.4 Å².